The van der Waals surface area contributed by atoms with Crippen LogP contribution in [-0.2, 0) is 12.8 Å². The molecule has 0 fully saturated rings. The lowest BCUT2D eigenvalue weighted by molar-refractivity contribution is 0.406. The number of hydrogen-bond donors (Lipinski definition) is 1. The highest BCUT2D eigenvalue weighted by atomic mass is 79.9. The Bertz CT molecular complexity index is 570. The van der Waals surface area contributed by atoms with Gasteiger partial charge in [0.05, 0.1) is 0 Å². The van der Waals surface area contributed by atoms with Crippen LogP contribution in [0.1, 0.15) is 50.3 Å². The fraction of sp³-hybridized carbons (Fsp3) is 0.529. The van der Waals surface area contributed by atoms with Gasteiger partial charge in [-0.15, -0.1) is 0 Å². The zero-order valence-electron chi connectivity index (χ0n) is 11.6. The van der Waals surface area contributed by atoms with Gasteiger partial charge in [-0.1, -0.05) is 48.5 Å². The van der Waals surface area contributed by atoms with Gasteiger partial charge in [0.25, 0.3) is 0 Å². The molecule has 0 spiro atoms. The van der Waals surface area contributed by atoms with Gasteiger partial charge in [-0.25, -0.2) is 0 Å². The first-order chi connectivity index (χ1) is 9.28. The number of nitrogens with one attached hydrogen (secondary N) is 1. The first-order valence-electron chi connectivity index (χ1n) is 7.57. The molecule has 0 amide bonds. The number of rotatable bonds is 4. The largest absolute Gasteiger partial charge is 0.358 e. The van der Waals surface area contributed by atoms with E-state index in [4.69, 9.17) is 0 Å². The van der Waals surface area contributed by atoms with E-state index >= 15 is 0 Å². The van der Waals surface area contributed by atoms with E-state index in [0.717, 1.165) is 5.92 Å². The van der Waals surface area contributed by atoms with Gasteiger partial charge in [0.2, 0.25) is 0 Å². The molecule has 1 aromatic heterocycles. The molecule has 1 N–H and O–H groups in total. The molecule has 2 heteroatoms. The quantitative estimate of drug-likeness (QED) is 0.704. The molecule has 1 atom stereocenters. The Kier molecular flexibility index (Phi) is 3.97. The topological polar surface area (TPSA) is 15.8 Å². The number of aromatic nitrogens is 1. The number of hydrogen-bond acceptors (Lipinski definition) is 0. The Morgan fingerprint density at radius 2 is 2.21 bits per heavy atom. The van der Waals surface area contributed by atoms with Crippen LogP contribution in [0.4, 0.5) is 0 Å². The Hall–Kier alpha value is -0.760. The Balaban J connectivity index is 1.80. The van der Waals surface area contributed by atoms with Crippen molar-refractivity contribution in [1.82, 2.24) is 4.98 Å². The van der Waals surface area contributed by atoms with Gasteiger partial charge in [-0.05, 0) is 48.9 Å². The third-order valence-electron chi connectivity index (χ3n) is 4.47. The maximum absolute atomic E-state index is 3.64. The van der Waals surface area contributed by atoms with E-state index in [1.165, 1.54) is 66.0 Å². The van der Waals surface area contributed by atoms with Crippen molar-refractivity contribution in [2.24, 2.45) is 5.92 Å². The first-order valence-corrected chi connectivity index (χ1v) is 8.36. The molecule has 2 aromatic rings. The predicted molar refractivity (Wildman–Crippen MR) is 85.7 cm³/mol. The molecular formula is C17H22BrN. The maximum Gasteiger partial charge on any atom is 0.0459 e. The van der Waals surface area contributed by atoms with Crippen LogP contribution in [0.25, 0.3) is 10.9 Å². The molecule has 0 bridgehead atoms. The van der Waals surface area contributed by atoms with Crippen molar-refractivity contribution in [3.63, 3.8) is 0 Å². The summed E-state index contributed by atoms with van der Waals surface area (Å²) in [5, 5.41) is 1.43. The van der Waals surface area contributed by atoms with Crippen molar-refractivity contribution in [1.29, 1.82) is 0 Å². The smallest absolute Gasteiger partial charge is 0.0459 e. The van der Waals surface area contributed by atoms with E-state index in [9.17, 15) is 0 Å². The Morgan fingerprint density at radius 3 is 3.05 bits per heavy atom. The Morgan fingerprint density at radius 1 is 1.32 bits per heavy atom. The lowest BCUT2D eigenvalue weighted by atomic mass is 9.84. The fourth-order valence-corrected chi connectivity index (χ4v) is 3.77. The fourth-order valence-electron chi connectivity index (χ4n) is 3.40. The molecule has 0 radical (unpaired) electrons. The van der Waals surface area contributed by atoms with Crippen LogP contribution < -0.4 is 0 Å². The highest BCUT2D eigenvalue weighted by Gasteiger charge is 2.21. The minimum Gasteiger partial charge on any atom is -0.358 e. The molecule has 0 aliphatic heterocycles. The highest BCUT2D eigenvalue weighted by Crippen LogP contribution is 2.34. The van der Waals surface area contributed by atoms with Crippen molar-refractivity contribution in [3.8, 4) is 0 Å². The van der Waals surface area contributed by atoms with Crippen LogP contribution in [0.3, 0.4) is 0 Å². The molecule has 0 saturated heterocycles. The third-order valence-corrected chi connectivity index (χ3v) is 4.96. The predicted octanol–water partition coefficient (Wildman–Crippen LogP) is 5.62. The second-order valence-electron chi connectivity index (χ2n) is 5.88. The first kappa shape index (κ1) is 13.2. The Labute approximate surface area is 123 Å². The van der Waals surface area contributed by atoms with E-state index in [0.29, 0.717) is 0 Å². The third kappa shape index (κ3) is 2.74. The lowest BCUT2D eigenvalue weighted by Crippen LogP contribution is -2.13. The van der Waals surface area contributed by atoms with Crippen LogP contribution in [-0.4, -0.2) is 4.98 Å². The highest BCUT2D eigenvalue weighted by molar-refractivity contribution is 9.10. The number of aromatic amines is 1. The number of fused-ring (bicyclic) bond motifs is 3. The maximum atomic E-state index is 3.64. The average molecular weight is 320 g/mol. The van der Waals surface area contributed by atoms with Crippen LogP contribution in [0, 0.1) is 5.92 Å². The van der Waals surface area contributed by atoms with Crippen molar-refractivity contribution in [2.45, 2.75) is 51.9 Å². The SMILES string of the molecule is CCCCCC1CCc2c([nH]c3ccc(Br)cc23)C1. The monoisotopic (exact) mass is 319 g/mol. The van der Waals surface area contributed by atoms with Crippen LogP contribution in [0.5, 0.6) is 0 Å². The summed E-state index contributed by atoms with van der Waals surface area (Å²) in [7, 11) is 0. The summed E-state index contributed by atoms with van der Waals surface area (Å²) in [6.45, 7) is 2.29. The summed E-state index contributed by atoms with van der Waals surface area (Å²) in [6, 6.07) is 6.59. The molecule has 1 aromatic carbocycles. The van der Waals surface area contributed by atoms with Crippen molar-refractivity contribution >= 4 is 26.8 Å². The summed E-state index contributed by atoms with van der Waals surface area (Å²) in [5.41, 5.74) is 4.38. The van der Waals surface area contributed by atoms with Gasteiger partial charge in [-0.3, -0.25) is 0 Å². The van der Waals surface area contributed by atoms with E-state index in [-0.39, 0.29) is 0 Å². The van der Waals surface area contributed by atoms with Gasteiger partial charge in [0, 0.05) is 21.1 Å². The summed E-state index contributed by atoms with van der Waals surface area (Å²) < 4.78 is 1.19. The van der Waals surface area contributed by atoms with Crippen LogP contribution in [0.15, 0.2) is 22.7 Å². The summed E-state index contributed by atoms with van der Waals surface area (Å²) in [6.07, 6.45) is 9.42. The van der Waals surface area contributed by atoms with E-state index in [1.807, 2.05) is 0 Å². The summed E-state index contributed by atoms with van der Waals surface area (Å²) in [4.78, 5) is 3.64. The van der Waals surface area contributed by atoms with Crippen molar-refractivity contribution in [2.75, 3.05) is 0 Å². The van der Waals surface area contributed by atoms with Gasteiger partial charge in [-0.2, -0.15) is 0 Å². The minimum atomic E-state index is 0.899. The number of H-pyrrole nitrogens is 1. The molecule has 102 valence electrons. The standard InChI is InChI=1S/C17H22BrN/c1-2-3-4-5-12-6-8-14-15-11-13(18)7-9-16(15)19-17(14)10-12/h7,9,11-12,19H,2-6,8,10H2,1H3. The number of aryl methyl sites for hydroxylation is 1. The summed E-state index contributed by atoms with van der Waals surface area (Å²) >= 11 is 3.59. The lowest BCUT2D eigenvalue weighted by Gasteiger charge is -2.22. The molecule has 1 heterocycles. The van der Waals surface area contributed by atoms with Crippen molar-refractivity contribution in [3.05, 3.63) is 33.9 Å². The zero-order valence-corrected chi connectivity index (χ0v) is 13.2. The molecular weight excluding hydrogens is 298 g/mol. The molecule has 19 heavy (non-hydrogen) atoms. The van der Waals surface area contributed by atoms with Crippen molar-refractivity contribution < 1.29 is 0 Å². The van der Waals surface area contributed by atoms with E-state index in [2.05, 4.69) is 46.0 Å². The number of benzene rings is 1. The van der Waals surface area contributed by atoms with Gasteiger partial charge in [0.1, 0.15) is 0 Å². The molecule has 1 unspecified atom stereocenters. The van der Waals surface area contributed by atoms with E-state index in [1.54, 1.807) is 5.56 Å². The average Bonchev–Trinajstić information content (AvgIpc) is 2.76. The minimum absolute atomic E-state index is 0.899. The van der Waals surface area contributed by atoms with Gasteiger partial charge < -0.3 is 4.98 Å². The second kappa shape index (κ2) is 5.70. The normalized spacial score (nSPS) is 18.7. The number of unbranched alkanes of at least 4 members (excludes halogenated alkanes) is 2. The van der Waals surface area contributed by atoms with E-state index < -0.39 is 0 Å². The zero-order chi connectivity index (χ0) is 13.2. The molecule has 1 aliphatic carbocycles. The van der Waals surface area contributed by atoms with Gasteiger partial charge in [0.15, 0.2) is 0 Å². The molecule has 3 rings (SSSR count). The second-order valence-corrected chi connectivity index (χ2v) is 6.79. The van der Waals surface area contributed by atoms with Gasteiger partial charge >= 0.3 is 0 Å². The molecule has 0 saturated carbocycles. The number of halogens is 1. The molecule has 1 aliphatic rings. The summed E-state index contributed by atoms with van der Waals surface area (Å²) in [5.74, 6) is 0.899. The van der Waals surface area contributed by atoms with Crippen LogP contribution >= 0.6 is 15.9 Å². The van der Waals surface area contributed by atoms with Crippen LogP contribution in [0.2, 0.25) is 0 Å². The molecule has 1 nitrogen and oxygen atoms in total.